The fourth-order valence-corrected chi connectivity index (χ4v) is 4.63. The highest BCUT2D eigenvalue weighted by Gasteiger charge is 2.57. The number of carbonyl (C=O) groups is 1. The van der Waals surface area contributed by atoms with Crippen molar-refractivity contribution in [2.24, 2.45) is 11.3 Å². The van der Waals surface area contributed by atoms with Gasteiger partial charge in [0.2, 0.25) is 12.7 Å². The van der Waals surface area contributed by atoms with Crippen LogP contribution in [-0.4, -0.2) is 30.8 Å². The lowest BCUT2D eigenvalue weighted by Crippen LogP contribution is -2.31. The van der Waals surface area contributed by atoms with Crippen molar-refractivity contribution in [2.45, 2.75) is 19.3 Å². The van der Waals surface area contributed by atoms with Crippen molar-refractivity contribution in [1.29, 1.82) is 0 Å². The summed E-state index contributed by atoms with van der Waals surface area (Å²) in [6.07, 6.45) is 3.22. The number of aromatic nitrogens is 1. The van der Waals surface area contributed by atoms with Crippen LogP contribution >= 0.6 is 23.7 Å². The third-order valence-electron chi connectivity index (χ3n) is 5.51. The summed E-state index contributed by atoms with van der Waals surface area (Å²) in [5, 5.41) is 9.00. The van der Waals surface area contributed by atoms with Crippen molar-refractivity contribution in [2.75, 3.05) is 25.2 Å². The Hall–Kier alpha value is -1.83. The van der Waals surface area contributed by atoms with E-state index in [1.165, 1.54) is 11.3 Å². The lowest BCUT2D eigenvalue weighted by molar-refractivity contribution is -0.118. The lowest BCUT2D eigenvalue weighted by Gasteiger charge is -2.22. The number of carbonyl (C=O) groups excluding carboxylic acids is 1. The maximum atomic E-state index is 12.5. The van der Waals surface area contributed by atoms with Gasteiger partial charge in [0.1, 0.15) is 0 Å². The predicted octanol–water partition coefficient (Wildman–Crippen LogP) is 3.29. The molecule has 1 spiro atoms. The molecule has 2 aromatic rings. The molecule has 2 aliphatic heterocycles. The van der Waals surface area contributed by atoms with Gasteiger partial charge in [-0.1, -0.05) is 0 Å². The van der Waals surface area contributed by atoms with Crippen LogP contribution in [0.15, 0.2) is 23.6 Å². The third-order valence-corrected chi connectivity index (χ3v) is 6.27. The van der Waals surface area contributed by atoms with E-state index in [1.807, 2.05) is 23.6 Å². The van der Waals surface area contributed by atoms with Crippen molar-refractivity contribution in [3.63, 3.8) is 0 Å². The number of halogens is 1. The van der Waals surface area contributed by atoms with E-state index in [1.54, 1.807) is 0 Å². The van der Waals surface area contributed by atoms with Crippen molar-refractivity contribution < 1.29 is 14.3 Å². The molecule has 1 aliphatic carbocycles. The number of benzene rings is 1. The molecule has 2 fully saturated rings. The van der Waals surface area contributed by atoms with E-state index < -0.39 is 0 Å². The van der Waals surface area contributed by atoms with Crippen molar-refractivity contribution in [1.82, 2.24) is 10.3 Å². The van der Waals surface area contributed by atoms with Crippen LogP contribution in [0, 0.1) is 11.3 Å². The van der Waals surface area contributed by atoms with E-state index >= 15 is 0 Å². The molecule has 0 radical (unpaired) electrons. The van der Waals surface area contributed by atoms with E-state index in [9.17, 15) is 4.79 Å². The third kappa shape index (κ3) is 3.04. The Balaban J connectivity index is 0.00000168. The molecule has 1 saturated carbocycles. The van der Waals surface area contributed by atoms with Gasteiger partial charge in [-0.25, -0.2) is 4.98 Å². The molecule has 1 unspecified atom stereocenters. The highest BCUT2D eigenvalue weighted by atomic mass is 35.5. The van der Waals surface area contributed by atoms with Gasteiger partial charge in [-0.15, -0.1) is 23.7 Å². The molecule has 0 bridgehead atoms. The lowest BCUT2D eigenvalue weighted by atomic mass is 9.92. The topological polar surface area (TPSA) is 72.5 Å². The molecule has 138 valence electrons. The summed E-state index contributed by atoms with van der Waals surface area (Å²) in [6.45, 7) is 2.31. The van der Waals surface area contributed by atoms with Gasteiger partial charge in [-0.05, 0) is 56.0 Å². The summed E-state index contributed by atoms with van der Waals surface area (Å²) in [6, 6.07) is 5.77. The minimum atomic E-state index is 0. The van der Waals surface area contributed by atoms with Gasteiger partial charge in [0.25, 0.3) is 0 Å². The monoisotopic (exact) mass is 393 g/mol. The fraction of sp³-hybridized carbons (Fsp3) is 0.444. The number of ether oxygens (including phenoxy) is 2. The maximum Gasteiger partial charge on any atom is 0.231 e. The van der Waals surface area contributed by atoms with Gasteiger partial charge in [0.15, 0.2) is 16.6 Å². The number of fused-ring (bicyclic) bond motifs is 1. The van der Waals surface area contributed by atoms with Crippen molar-refractivity contribution in [3.8, 4) is 22.8 Å². The normalized spacial score (nSPS) is 21.9. The quantitative estimate of drug-likeness (QED) is 0.837. The van der Waals surface area contributed by atoms with Crippen LogP contribution in [0.3, 0.4) is 0 Å². The molecule has 3 aliphatic rings. The second-order valence-electron chi connectivity index (χ2n) is 6.96. The van der Waals surface area contributed by atoms with E-state index in [-0.39, 0.29) is 36.4 Å². The molecule has 8 heteroatoms. The molecule has 26 heavy (non-hydrogen) atoms. The molecule has 1 aromatic heterocycles. The molecular formula is C18H20ClN3O3S. The zero-order valence-corrected chi connectivity index (χ0v) is 15.8. The van der Waals surface area contributed by atoms with Crippen LogP contribution in [0.2, 0.25) is 0 Å². The first-order valence-electron chi connectivity index (χ1n) is 8.61. The number of piperidine rings is 1. The zero-order chi connectivity index (χ0) is 16.9. The molecule has 1 aromatic carbocycles. The molecule has 1 atom stereocenters. The summed E-state index contributed by atoms with van der Waals surface area (Å²) in [7, 11) is 0. The predicted molar refractivity (Wildman–Crippen MR) is 102 cm³/mol. The Kier molecular flexibility index (Phi) is 4.54. The second-order valence-corrected chi connectivity index (χ2v) is 7.82. The number of hydrogen-bond acceptors (Lipinski definition) is 6. The smallest absolute Gasteiger partial charge is 0.231 e. The first-order valence-corrected chi connectivity index (χ1v) is 9.49. The molecule has 6 nitrogen and oxygen atoms in total. The van der Waals surface area contributed by atoms with Gasteiger partial charge in [0, 0.05) is 16.9 Å². The summed E-state index contributed by atoms with van der Waals surface area (Å²) >= 11 is 1.46. The number of nitrogens with one attached hydrogen (secondary N) is 2. The largest absolute Gasteiger partial charge is 0.454 e. The average Bonchev–Trinajstić information content (AvgIpc) is 3.01. The highest BCUT2D eigenvalue weighted by Crippen LogP contribution is 2.58. The second kappa shape index (κ2) is 6.72. The van der Waals surface area contributed by atoms with Gasteiger partial charge in [-0.2, -0.15) is 0 Å². The molecule has 2 N–H and O–H groups in total. The van der Waals surface area contributed by atoms with E-state index in [0.717, 1.165) is 55.1 Å². The molecule has 1 amide bonds. The Morgan fingerprint density at radius 1 is 1.27 bits per heavy atom. The fourth-order valence-electron chi connectivity index (χ4n) is 3.91. The minimum Gasteiger partial charge on any atom is -0.454 e. The Morgan fingerprint density at radius 2 is 2.08 bits per heavy atom. The first kappa shape index (κ1) is 17.6. The van der Waals surface area contributed by atoms with E-state index in [0.29, 0.717) is 5.13 Å². The van der Waals surface area contributed by atoms with Gasteiger partial charge in [0.05, 0.1) is 5.69 Å². The van der Waals surface area contributed by atoms with Crippen molar-refractivity contribution >= 4 is 34.8 Å². The Labute approximate surface area is 161 Å². The first-order chi connectivity index (χ1) is 12.2. The maximum absolute atomic E-state index is 12.5. The molecule has 1 saturated heterocycles. The van der Waals surface area contributed by atoms with Crippen molar-refractivity contribution in [3.05, 3.63) is 23.6 Å². The Bertz CT molecular complexity index is 835. The number of hydrogen-bond donors (Lipinski definition) is 2. The number of amides is 1. The van der Waals surface area contributed by atoms with Gasteiger partial charge in [-0.3, -0.25) is 4.79 Å². The zero-order valence-electron chi connectivity index (χ0n) is 14.1. The Morgan fingerprint density at radius 3 is 2.92 bits per heavy atom. The van der Waals surface area contributed by atoms with Crippen LogP contribution in [0.1, 0.15) is 19.3 Å². The molecule has 3 heterocycles. The number of nitrogens with zero attached hydrogens (tertiary/aromatic N) is 1. The van der Waals surface area contributed by atoms with Crippen LogP contribution in [0.5, 0.6) is 11.5 Å². The van der Waals surface area contributed by atoms with Gasteiger partial charge >= 0.3 is 0 Å². The van der Waals surface area contributed by atoms with Crippen LogP contribution in [0.25, 0.3) is 11.3 Å². The van der Waals surface area contributed by atoms with E-state index in [4.69, 9.17) is 9.47 Å². The summed E-state index contributed by atoms with van der Waals surface area (Å²) in [5.74, 6) is 1.76. The number of anilines is 1. The SMILES string of the molecule is Cl.O=C(Nc1nc(-c2ccc3c(c2)OCO3)cs1)C1CC12CCNCC2. The molecular weight excluding hydrogens is 374 g/mol. The van der Waals surface area contributed by atoms with E-state index in [2.05, 4.69) is 15.6 Å². The van der Waals surface area contributed by atoms with Crippen LogP contribution in [0.4, 0.5) is 5.13 Å². The van der Waals surface area contributed by atoms with Gasteiger partial charge < -0.3 is 20.1 Å². The summed E-state index contributed by atoms with van der Waals surface area (Å²) in [5.41, 5.74) is 2.04. The minimum absolute atomic E-state index is 0. The standard InChI is InChI=1S/C18H19N3O3S.ClH/c22-16(12-8-18(12)3-5-19-6-4-18)21-17-20-13(9-25-17)11-1-2-14-15(7-11)24-10-23-14;/h1-2,7,9,12,19H,3-6,8,10H2,(H,20,21,22);1H. The number of thiazole rings is 1. The summed E-state index contributed by atoms with van der Waals surface area (Å²) < 4.78 is 10.7. The highest BCUT2D eigenvalue weighted by molar-refractivity contribution is 7.14. The molecule has 5 rings (SSSR count). The summed E-state index contributed by atoms with van der Waals surface area (Å²) in [4.78, 5) is 17.1. The number of rotatable bonds is 3. The van der Waals surface area contributed by atoms with Crippen LogP contribution < -0.4 is 20.1 Å². The average molecular weight is 394 g/mol. The van der Waals surface area contributed by atoms with Crippen LogP contribution in [-0.2, 0) is 4.79 Å².